The van der Waals surface area contributed by atoms with E-state index in [1.54, 1.807) is 17.7 Å². The Hall–Kier alpha value is -4.04. The van der Waals surface area contributed by atoms with Crippen LogP contribution in [-0.2, 0) is 0 Å². The summed E-state index contributed by atoms with van der Waals surface area (Å²) >= 11 is 1.62. The standard InChI is InChI=1S/C28H26N6OS/c1-19-8-9-22(20(2)16-19)25-24(17-34(31-25)21-6-4-3-5-7-21)28(35)33-13-11-32(12-14-33)26-23-10-15-36-27(23)30-18-29-26/h3-10,15-18H,11-14H2,1-2H3. The highest BCUT2D eigenvalue weighted by molar-refractivity contribution is 7.16. The summed E-state index contributed by atoms with van der Waals surface area (Å²) < 4.78 is 1.81. The molecule has 36 heavy (non-hydrogen) atoms. The topological polar surface area (TPSA) is 67.2 Å². The maximum Gasteiger partial charge on any atom is 0.257 e. The zero-order valence-electron chi connectivity index (χ0n) is 20.3. The Morgan fingerprint density at radius 1 is 0.944 bits per heavy atom. The molecule has 0 radical (unpaired) electrons. The summed E-state index contributed by atoms with van der Waals surface area (Å²) in [6, 6.07) is 18.3. The van der Waals surface area contributed by atoms with E-state index in [4.69, 9.17) is 5.10 Å². The average Bonchev–Trinajstić information content (AvgIpc) is 3.57. The van der Waals surface area contributed by atoms with Crippen molar-refractivity contribution in [3.8, 4) is 16.9 Å². The number of hydrogen-bond acceptors (Lipinski definition) is 6. The summed E-state index contributed by atoms with van der Waals surface area (Å²) in [4.78, 5) is 27.9. The summed E-state index contributed by atoms with van der Waals surface area (Å²) in [5.74, 6) is 0.955. The highest BCUT2D eigenvalue weighted by Crippen LogP contribution is 2.30. The highest BCUT2D eigenvalue weighted by Gasteiger charge is 2.28. The quantitative estimate of drug-likeness (QED) is 0.347. The molecule has 3 aromatic heterocycles. The summed E-state index contributed by atoms with van der Waals surface area (Å²) in [7, 11) is 0. The number of aryl methyl sites for hydroxylation is 2. The zero-order valence-corrected chi connectivity index (χ0v) is 21.1. The number of piperazine rings is 1. The van der Waals surface area contributed by atoms with Crippen LogP contribution in [0.25, 0.3) is 27.2 Å². The zero-order chi connectivity index (χ0) is 24.6. The molecular formula is C28H26N6OS. The molecule has 4 heterocycles. The van der Waals surface area contributed by atoms with E-state index in [1.807, 2.05) is 51.5 Å². The van der Waals surface area contributed by atoms with Crippen LogP contribution in [0.2, 0.25) is 0 Å². The third-order valence-corrected chi connectivity index (χ3v) is 7.53. The third kappa shape index (κ3) is 4.03. The molecule has 0 unspecified atom stereocenters. The number of fused-ring (bicyclic) bond motifs is 1. The van der Waals surface area contributed by atoms with E-state index < -0.39 is 0 Å². The Morgan fingerprint density at radius 3 is 2.53 bits per heavy atom. The molecule has 0 N–H and O–H groups in total. The van der Waals surface area contributed by atoms with Crippen molar-refractivity contribution in [1.29, 1.82) is 0 Å². The van der Waals surface area contributed by atoms with Gasteiger partial charge in [0.15, 0.2) is 0 Å². The molecule has 1 fully saturated rings. The van der Waals surface area contributed by atoms with E-state index in [0.717, 1.165) is 51.6 Å². The molecule has 5 aromatic rings. The fourth-order valence-corrected chi connectivity index (χ4v) is 5.57. The summed E-state index contributed by atoms with van der Waals surface area (Å²) in [6.07, 6.45) is 3.50. The molecule has 6 rings (SSSR count). The van der Waals surface area contributed by atoms with Gasteiger partial charge in [-0.2, -0.15) is 5.10 Å². The van der Waals surface area contributed by atoms with Crippen molar-refractivity contribution >= 4 is 33.3 Å². The lowest BCUT2D eigenvalue weighted by molar-refractivity contribution is 0.0747. The van der Waals surface area contributed by atoms with Gasteiger partial charge >= 0.3 is 0 Å². The lowest BCUT2D eigenvalue weighted by Gasteiger charge is -2.35. The third-order valence-electron chi connectivity index (χ3n) is 6.71. The number of rotatable bonds is 4. The molecule has 1 saturated heterocycles. The van der Waals surface area contributed by atoms with E-state index >= 15 is 0 Å². The number of thiophene rings is 1. The number of hydrogen-bond donors (Lipinski definition) is 0. The van der Waals surface area contributed by atoms with Crippen molar-refractivity contribution < 1.29 is 4.79 Å². The van der Waals surface area contributed by atoms with E-state index in [-0.39, 0.29) is 5.91 Å². The molecule has 2 aromatic carbocycles. The molecule has 0 bridgehead atoms. The normalized spacial score (nSPS) is 13.9. The number of anilines is 1. The van der Waals surface area contributed by atoms with E-state index in [9.17, 15) is 4.79 Å². The Labute approximate surface area is 213 Å². The monoisotopic (exact) mass is 494 g/mol. The first kappa shape index (κ1) is 22.4. The van der Waals surface area contributed by atoms with Crippen molar-refractivity contribution in [2.75, 3.05) is 31.1 Å². The Kier molecular flexibility index (Phi) is 5.73. The Bertz CT molecular complexity index is 1550. The van der Waals surface area contributed by atoms with Gasteiger partial charge in [-0.15, -0.1) is 11.3 Å². The second kappa shape index (κ2) is 9.20. The molecule has 1 aliphatic rings. The van der Waals surface area contributed by atoms with Crippen LogP contribution in [0.15, 0.2) is 72.5 Å². The smallest absolute Gasteiger partial charge is 0.257 e. The fraction of sp³-hybridized carbons (Fsp3) is 0.214. The van der Waals surface area contributed by atoms with Gasteiger partial charge in [0.25, 0.3) is 5.91 Å². The predicted octanol–water partition coefficient (Wildman–Crippen LogP) is 5.12. The van der Waals surface area contributed by atoms with Crippen molar-refractivity contribution in [2.24, 2.45) is 0 Å². The van der Waals surface area contributed by atoms with Gasteiger partial charge in [0, 0.05) is 37.9 Å². The number of carbonyl (C=O) groups is 1. The maximum absolute atomic E-state index is 13.9. The van der Waals surface area contributed by atoms with Gasteiger partial charge in [-0.05, 0) is 43.0 Å². The van der Waals surface area contributed by atoms with Gasteiger partial charge < -0.3 is 9.80 Å². The fourth-order valence-electron chi connectivity index (χ4n) is 4.84. The van der Waals surface area contributed by atoms with Gasteiger partial charge in [-0.3, -0.25) is 4.79 Å². The van der Waals surface area contributed by atoms with Crippen LogP contribution in [0.5, 0.6) is 0 Å². The van der Waals surface area contributed by atoms with Crippen molar-refractivity contribution in [2.45, 2.75) is 13.8 Å². The van der Waals surface area contributed by atoms with Crippen LogP contribution in [0.4, 0.5) is 5.82 Å². The molecule has 1 amide bonds. The van der Waals surface area contributed by atoms with Crippen molar-refractivity contribution in [1.82, 2.24) is 24.6 Å². The van der Waals surface area contributed by atoms with Crippen molar-refractivity contribution in [3.63, 3.8) is 0 Å². The van der Waals surface area contributed by atoms with Gasteiger partial charge in [0.1, 0.15) is 22.7 Å². The lowest BCUT2D eigenvalue weighted by Crippen LogP contribution is -2.49. The second-order valence-electron chi connectivity index (χ2n) is 9.11. The van der Waals surface area contributed by atoms with Gasteiger partial charge in [-0.25, -0.2) is 14.6 Å². The molecular weight excluding hydrogens is 468 g/mol. The SMILES string of the molecule is Cc1ccc(-c2nn(-c3ccccc3)cc2C(=O)N2CCN(c3ncnc4sccc34)CC2)c(C)c1. The lowest BCUT2D eigenvalue weighted by atomic mass is 10.00. The first-order valence-corrected chi connectivity index (χ1v) is 12.9. The van der Waals surface area contributed by atoms with Crippen LogP contribution < -0.4 is 4.90 Å². The molecule has 1 aliphatic heterocycles. The number of para-hydroxylation sites is 1. The van der Waals surface area contributed by atoms with Gasteiger partial charge in [-0.1, -0.05) is 42.0 Å². The van der Waals surface area contributed by atoms with Gasteiger partial charge in [0.05, 0.1) is 16.6 Å². The van der Waals surface area contributed by atoms with Crippen molar-refractivity contribution in [3.05, 3.63) is 89.2 Å². The summed E-state index contributed by atoms with van der Waals surface area (Å²) in [5.41, 5.74) is 5.55. The van der Waals surface area contributed by atoms with E-state index in [1.165, 1.54) is 5.56 Å². The largest absolute Gasteiger partial charge is 0.352 e. The number of benzene rings is 2. The minimum absolute atomic E-state index is 0.00942. The summed E-state index contributed by atoms with van der Waals surface area (Å²) in [5, 5.41) is 8.01. The predicted molar refractivity (Wildman–Crippen MR) is 144 cm³/mol. The number of amides is 1. The average molecular weight is 495 g/mol. The Morgan fingerprint density at radius 2 is 1.75 bits per heavy atom. The molecule has 180 valence electrons. The molecule has 0 aliphatic carbocycles. The first-order chi connectivity index (χ1) is 17.6. The van der Waals surface area contributed by atoms with Crippen LogP contribution in [0, 0.1) is 13.8 Å². The summed E-state index contributed by atoms with van der Waals surface area (Å²) in [6.45, 7) is 6.84. The second-order valence-corrected chi connectivity index (χ2v) is 10.0. The van der Waals surface area contributed by atoms with Gasteiger partial charge in [0.2, 0.25) is 0 Å². The van der Waals surface area contributed by atoms with Crippen LogP contribution in [-0.4, -0.2) is 56.7 Å². The molecule has 7 nitrogen and oxygen atoms in total. The molecule has 0 spiro atoms. The maximum atomic E-state index is 13.9. The number of aromatic nitrogens is 4. The van der Waals surface area contributed by atoms with Crippen LogP contribution in [0.3, 0.4) is 0 Å². The number of nitrogens with zero attached hydrogens (tertiary/aromatic N) is 6. The Balaban J connectivity index is 1.30. The van der Waals surface area contributed by atoms with Crippen LogP contribution >= 0.6 is 11.3 Å². The highest BCUT2D eigenvalue weighted by atomic mass is 32.1. The van der Waals surface area contributed by atoms with E-state index in [0.29, 0.717) is 18.7 Å². The van der Waals surface area contributed by atoms with Crippen LogP contribution in [0.1, 0.15) is 21.5 Å². The molecule has 8 heteroatoms. The van der Waals surface area contributed by atoms with E-state index in [2.05, 4.69) is 53.0 Å². The minimum atomic E-state index is 0.00942. The molecule has 0 atom stereocenters. The first-order valence-electron chi connectivity index (χ1n) is 12.0. The molecule has 0 saturated carbocycles. The number of carbonyl (C=O) groups excluding carboxylic acids is 1. The minimum Gasteiger partial charge on any atom is -0.352 e.